The first-order valence-electron chi connectivity index (χ1n) is 10.9. The number of hydrogen-bond donors (Lipinski definition) is 1. The topological polar surface area (TPSA) is 68.9 Å². The maximum Gasteiger partial charge on any atom is 0.263 e. The lowest BCUT2D eigenvalue weighted by molar-refractivity contribution is -0.121. The van der Waals surface area contributed by atoms with Gasteiger partial charge in [-0.1, -0.05) is 41.9 Å². The van der Waals surface area contributed by atoms with Crippen LogP contribution in [0.5, 0.6) is 0 Å². The molecule has 6 nitrogen and oxygen atoms in total. The molecule has 0 fully saturated rings. The van der Waals surface area contributed by atoms with Gasteiger partial charge in [0.25, 0.3) is 5.56 Å². The molecule has 0 aliphatic carbocycles. The highest BCUT2D eigenvalue weighted by Crippen LogP contribution is 2.28. The Morgan fingerprint density at radius 2 is 1.82 bits per heavy atom. The van der Waals surface area contributed by atoms with Gasteiger partial charge in [0, 0.05) is 30.2 Å². The summed E-state index contributed by atoms with van der Waals surface area (Å²) in [5.74, 6) is -0.106. The molecule has 2 aromatic carbocycles. The van der Waals surface area contributed by atoms with E-state index >= 15 is 0 Å². The van der Waals surface area contributed by atoms with Crippen molar-refractivity contribution in [1.29, 1.82) is 0 Å². The van der Waals surface area contributed by atoms with Crippen LogP contribution in [0.4, 0.5) is 0 Å². The lowest BCUT2D eigenvalue weighted by Gasteiger charge is -2.12. The Balaban J connectivity index is 1.58. The van der Waals surface area contributed by atoms with Crippen molar-refractivity contribution in [2.45, 2.75) is 47.2 Å². The van der Waals surface area contributed by atoms with Crippen molar-refractivity contribution in [2.75, 3.05) is 0 Å². The zero-order valence-electron chi connectivity index (χ0n) is 19.3. The SMILES string of the molecule is Cc1ccccc1CNC(=O)CCn1cnc2c(c(C)c(C)n2-c2cc(Cl)ccc2C)c1=O. The molecule has 0 radical (unpaired) electrons. The predicted molar refractivity (Wildman–Crippen MR) is 132 cm³/mol. The van der Waals surface area contributed by atoms with Crippen molar-refractivity contribution in [3.63, 3.8) is 0 Å². The largest absolute Gasteiger partial charge is 0.352 e. The summed E-state index contributed by atoms with van der Waals surface area (Å²) in [7, 11) is 0. The number of nitrogens with zero attached hydrogens (tertiary/aromatic N) is 3. The fraction of sp³-hybridized carbons (Fsp3) is 0.269. The number of rotatable bonds is 6. The van der Waals surface area contributed by atoms with Crippen LogP contribution >= 0.6 is 11.6 Å². The Bertz CT molecular complexity index is 1420. The molecule has 0 unspecified atom stereocenters. The minimum atomic E-state index is -0.147. The van der Waals surface area contributed by atoms with E-state index in [0.29, 0.717) is 22.6 Å². The molecule has 0 aliphatic rings. The molecule has 0 spiro atoms. The molecule has 2 heterocycles. The first kappa shape index (κ1) is 22.8. The fourth-order valence-electron chi connectivity index (χ4n) is 4.08. The minimum absolute atomic E-state index is 0.106. The van der Waals surface area contributed by atoms with Crippen LogP contribution in [-0.2, 0) is 17.9 Å². The van der Waals surface area contributed by atoms with Crippen LogP contribution in [0.3, 0.4) is 0 Å². The lowest BCUT2D eigenvalue weighted by atomic mass is 10.1. The summed E-state index contributed by atoms with van der Waals surface area (Å²) in [5, 5.41) is 4.12. The average molecular weight is 463 g/mol. The fourth-order valence-corrected chi connectivity index (χ4v) is 4.24. The number of carbonyl (C=O) groups is 1. The summed E-state index contributed by atoms with van der Waals surface area (Å²) in [6.07, 6.45) is 1.72. The van der Waals surface area contributed by atoms with Crippen LogP contribution in [0, 0.1) is 27.7 Å². The monoisotopic (exact) mass is 462 g/mol. The van der Waals surface area contributed by atoms with E-state index < -0.39 is 0 Å². The summed E-state index contributed by atoms with van der Waals surface area (Å²) in [6.45, 7) is 8.65. The van der Waals surface area contributed by atoms with Crippen molar-refractivity contribution in [3.8, 4) is 5.69 Å². The summed E-state index contributed by atoms with van der Waals surface area (Å²) in [5.41, 5.74) is 6.41. The van der Waals surface area contributed by atoms with Gasteiger partial charge < -0.3 is 5.32 Å². The maximum absolute atomic E-state index is 13.3. The third kappa shape index (κ3) is 4.44. The van der Waals surface area contributed by atoms with E-state index in [1.807, 2.05) is 74.7 Å². The van der Waals surface area contributed by atoms with Gasteiger partial charge in [-0.25, -0.2) is 4.98 Å². The normalized spacial score (nSPS) is 11.2. The van der Waals surface area contributed by atoms with Gasteiger partial charge in [0.1, 0.15) is 0 Å². The second-order valence-electron chi connectivity index (χ2n) is 8.37. The Morgan fingerprint density at radius 1 is 1.06 bits per heavy atom. The third-order valence-electron chi connectivity index (χ3n) is 6.21. The number of amides is 1. The van der Waals surface area contributed by atoms with Crippen LogP contribution in [0.2, 0.25) is 5.02 Å². The Hall–Kier alpha value is -3.38. The van der Waals surface area contributed by atoms with Crippen LogP contribution in [0.15, 0.2) is 53.6 Å². The summed E-state index contributed by atoms with van der Waals surface area (Å²) in [6, 6.07) is 13.6. The van der Waals surface area contributed by atoms with Gasteiger partial charge in [-0.05, 0) is 62.1 Å². The number of hydrogen-bond acceptors (Lipinski definition) is 3. The Kier molecular flexibility index (Phi) is 6.38. The molecule has 0 aliphatic heterocycles. The van der Waals surface area contributed by atoms with Gasteiger partial charge >= 0.3 is 0 Å². The van der Waals surface area contributed by atoms with E-state index in [9.17, 15) is 9.59 Å². The highest BCUT2D eigenvalue weighted by molar-refractivity contribution is 6.30. The third-order valence-corrected chi connectivity index (χ3v) is 6.45. The number of nitrogens with one attached hydrogen (secondary N) is 1. The molecule has 1 N–H and O–H groups in total. The van der Waals surface area contributed by atoms with E-state index in [-0.39, 0.29) is 24.4 Å². The van der Waals surface area contributed by atoms with Gasteiger partial charge in [0.15, 0.2) is 5.65 Å². The number of aryl methyl sites for hydroxylation is 4. The molecule has 170 valence electrons. The average Bonchev–Trinajstić information content (AvgIpc) is 3.05. The van der Waals surface area contributed by atoms with Gasteiger partial charge in [0.05, 0.1) is 17.4 Å². The maximum atomic E-state index is 13.3. The van der Waals surface area contributed by atoms with Crippen molar-refractivity contribution >= 4 is 28.5 Å². The molecule has 7 heteroatoms. The van der Waals surface area contributed by atoms with Crippen LogP contribution in [0.25, 0.3) is 16.7 Å². The predicted octanol–water partition coefficient (Wildman–Crippen LogP) is 4.78. The number of fused-ring (bicyclic) bond motifs is 1. The number of benzene rings is 2. The first-order valence-corrected chi connectivity index (χ1v) is 11.3. The van der Waals surface area contributed by atoms with E-state index in [1.165, 1.54) is 10.9 Å². The van der Waals surface area contributed by atoms with E-state index in [4.69, 9.17) is 11.6 Å². The lowest BCUT2D eigenvalue weighted by Crippen LogP contribution is -2.27. The summed E-state index contributed by atoms with van der Waals surface area (Å²) < 4.78 is 3.49. The van der Waals surface area contributed by atoms with Crippen LogP contribution in [-0.4, -0.2) is 20.0 Å². The zero-order valence-corrected chi connectivity index (χ0v) is 20.0. The smallest absolute Gasteiger partial charge is 0.263 e. The van der Waals surface area contributed by atoms with Gasteiger partial charge in [0.2, 0.25) is 5.91 Å². The molecule has 0 saturated carbocycles. The molecule has 0 atom stereocenters. The number of aromatic nitrogens is 3. The van der Waals surface area contributed by atoms with Gasteiger partial charge in [-0.2, -0.15) is 0 Å². The van der Waals surface area contributed by atoms with Crippen molar-refractivity contribution in [3.05, 3.63) is 92.1 Å². The Morgan fingerprint density at radius 3 is 2.58 bits per heavy atom. The second-order valence-corrected chi connectivity index (χ2v) is 8.81. The quantitative estimate of drug-likeness (QED) is 0.448. The van der Waals surface area contributed by atoms with Crippen molar-refractivity contribution in [2.24, 2.45) is 0 Å². The highest BCUT2D eigenvalue weighted by atomic mass is 35.5. The number of carbonyl (C=O) groups excluding carboxylic acids is 1. The molecule has 33 heavy (non-hydrogen) atoms. The van der Waals surface area contributed by atoms with Gasteiger partial charge in [-0.15, -0.1) is 0 Å². The van der Waals surface area contributed by atoms with Crippen LogP contribution < -0.4 is 10.9 Å². The standard InChI is InChI=1S/C26H27ClN4O2/c1-16-7-5-6-8-20(16)14-28-23(32)11-12-30-15-29-25-24(26(30)33)18(3)19(4)31(25)22-13-21(27)10-9-17(22)2/h5-10,13,15H,11-12,14H2,1-4H3,(H,28,32). The second kappa shape index (κ2) is 9.24. The highest BCUT2D eigenvalue weighted by Gasteiger charge is 2.19. The zero-order chi connectivity index (χ0) is 23.7. The van der Waals surface area contributed by atoms with Crippen LogP contribution in [0.1, 0.15) is 34.4 Å². The molecule has 0 bridgehead atoms. The van der Waals surface area contributed by atoms with Crippen molar-refractivity contribution < 1.29 is 4.79 Å². The van der Waals surface area contributed by atoms with E-state index in [2.05, 4.69) is 10.3 Å². The summed E-state index contributed by atoms with van der Waals surface area (Å²) >= 11 is 6.24. The first-order chi connectivity index (χ1) is 15.8. The van der Waals surface area contributed by atoms with E-state index in [1.54, 1.807) is 0 Å². The summed E-state index contributed by atoms with van der Waals surface area (Å²) in [4.78, 5) is 30.3. The molecule has 4 aromatic rings. The number of halogens is 1. The van der Waals surface area contributed by atoms with Gasteiger partial charge in [-0.3, -0.25) is 18.7 Å². The molecule has 2 aromatic heterocycles. The molecular formula is C26H27ClN4O2. The van der Waals surface area contributed by atoms with Crippen molar-refractivity contribution in [1.82, 2.24) is 19.4 Å². The Labute approximate surface area is 197 Å². The molecule has 4 rings (SSSR count). The molecule has 0 saturated heterocycles. The molecular weight excluding hydrogens is 436 g/mol. The van der Waals surface area contributed by atoms with E-state index in [0.717, 1.165) is 33.6 Å². The molecule has 1 amide bonds. The minimum Gasteiger partial charge on any atom is -0.352 e.